The van der Waals surface area contributed by atoms with Gasteiger partial charge in [-0.25, -0.2) is 0 Å². The van der Waals surface area contributed by atoms with Gasteiger partial charge >= 0.3 is 0 Å². The van der Waals surface area contributed by atoms with E-state index in [2.05, 4.69) is 0 Å². The summed E-state index contributed by atoms with van der Waals surface area (Å²) in [5.41, 5.74) is 0. The monoisotopic (exact) mass is 370 g/mol. The lowest BCUT2D eigenvalue weighted by Crippen LogP contribution is -1.85. The maximum atomic E-state index is 8.73. The van der Waals surface area contributed by atoms with Gasteiger partial charge in [-0.15, -0.1) is 0 Å². The van der Waals surface area contributed by atoms with Crippen LogP contribution in [-0.4, -0.2) is 23.4 Å². The van der Waals surface area contributed by atoms with Gasteiger partial charge in [0.25, 0.3) is 0 Å². The van der Waals surface area contributed by atoms with Crippen molar-refractivity contribution in [1.82, 2.24) is 0 Å². The van der Waals surface area contributed by atoms with Crippen molar-refractivity contribution in [3.8, 4) is 0 Å². The van der Waals surface area contributed by atoms with Crippen LogP contribution in [0.1, 0.15) is 141 Å². The number of aliphatic hydroxyl groups is 2. The largest absolute Gasteiger partial charge is 0.396 e. The molecule has 0 saturated carbocycles. The summed E-state index contributed by atoms with van der Waals surface area (Å²) >= 11 is 0. The highest BCUT2D eigenvalue weighted by atomic mass is 16.3. The van der Waals surface area contributed by atoms with Crippen LogP contribution in [0.4, 0.5) is 0 Å². The Kier molecular flexibility index (Phi) is 24.8. The van der Waals surface area contributed by atoms with E-state index in [9.17, 15) is 0 Å². The molecule has 0 amide bonds. The van der Waals surface area contributed by atoms with Crippen LogP contribution in [0.25, 0.3) is 0 Å². The van der Waals surface area contributed by atoms with Crippen molar-refractivity contribution in [2.75, 3.05) is 13.2 Å². The van der Waals surface area contributed by atoms with Crippen LogP contribution in [0.15, 0.2) is 0 Å². The molecule has 0 aromatic carbocycles. The molecule has 0 heterocycles. The lowest BCUT2D eigenvalue weighted by Gasteiger charge is -2.04. The molecule has 0 fully saturated rings. The van der Waals surface area contributed by atoms with Crippen LogP contribution in [0.3, 0.4) is 0 Å². The van der Waals surface area contributed by atoms with Gasteiger partial charge in [0.2, 0.25) is 0 Å². The molecule has 0 unspecified atom stereocenters. The highest BCUT2D eigenvalue weighted by molar-refractivity contribution is 4.51. The van der Waals surface area contributed by atoms with E-state index in [1.54, 1.807) is 0 Å². The number of hydrogen-bond acceptors (Lipinski definition) is 2. The van der Waals surface area contributed by atoms with Crippen molar-refractivity contribution >= 4 is 0 Å². The smallest absolute Gasteiger partial charge is 0.0431 e. The molecule has 0 aliphatic heterocycles. The summed E-state index contributed by atoms with van der Waals surface area (Å²) in [7, 11) is 0. The van der Waals surface area contributed by atoms with Crippen LogP contribution in [-0.2, 0) is 0 Å². The summed E-state index contributed by atoms with van der Waals surface area (Å²) in [5.74, 6) is 0. The van der Waals surface area contributed by atoms with Crippen LogP contribution in [0.5, 0.6) is 0 Å². The Morgan fingerprint density at radius 1 is 0.192 bits per heavy atom. The summed E-state index contributed by atoms with van der Waals surface area (Å²) < 4.78 is 0. The Balaban J connectivity index is 2.95. The van der Waals surface area contributed by atoms with Crippen LogP contribution in [0.2, 0.25) is 0 Å². The Morgan fingerprint density at radius 3 is 0.423 bits per heavy atom. The van der Waals surface area contributed by atoms with Crippen molar-refractivity contribution in [3.05, 3.63) is 0 Å². The molecular weight excluding hydrogens is 320 g/mol. The minimum absolute atomic E-state index is 0.368. The van der Waals surface area contributed by atoms with Gasteiger partial charge in [0.05, 0.1) is 0 Å². The van der Waals surface area contributed by atoms with Crippen molar-refractivity contribution in [2.24, 2.45) is 0 Å². The Labute approximate surface area is 165 Å². The molecule has 0 aromatic heterocycles. The molecule has 0 saturated heterocycles. The van der Waals surface area contributed by atoms with Crippen LogP contribution in [0, 0.1) is 0 Å². The molecular formula is C24H50O2. The van der Waals surface area contributed by atoms with E-state index in [1.165, 1.54) is 128 Å². The number of unbranched alkanes of at least 4 members (excludes halogenated alkanes) is 21. The summed E-state index contributed by atoms with van der Waals surface area (Å²) in [6.07, 6.45) is 29.8. The molecule has 0 bridgehead atoms. The molecule has 0 radical (unpaired) electrons. The van der Waals surface area contributed by atoms with Crippen molar-refractivity contribution in [2.45, 2.75) is 141 Å². The van der Waals surface area contributed by atoms with Gasteiger partial charge in [-0.3, -0.25) is 0 Å². The van der Waals surface area contributed by atoms with Gasteiger partial charge in [-0.05, 0) is 12.8 Å². The lowest BCUT2D eigenvalue weighted by molar-refractivity contribution is 0.282. The minimum atomic E-state index is 0.368. The summed E-state index contributed by atoms with van der Waals surface area (Å²) in [4.78, 5) is 0. The fraction of sp³-hybridized carbons (Fsp3) is 1.00. The summed E-state index contributed by atoms with van der Waals surface area (Å²) in [6.45, 7) is 0.736. The highest BCUT2D eigenvalue weighted by Crippen LogP contribution is 2.15. The third-order valence-electron chi connectivity index (χ3n) is 5.57. The van der Waals surface area contributed by atoms with Crippen LogP contribution < -0.4 is 0 Å². The van der Waals surface area contributed by atoms with E-state index in [4.69, 9.17) is 10.2 Å². The molecule has 0 atom stereocenters. The minimum Gasteiger partial charge on any atom is -0.396 e. The molecule has 0 spiro atoms. The Morgan fingerprint density at radius 2 is 0.308 bits per heavy atom. The highest BCUT2D eigenvalue weighted by Gasteiger charge is 1.95. The van der Waals surface area contributed by atoms with Gasteiger partial charge in [-0.2, -0.15) is 0 Å². The molecule has 26 heavy (non-hydrogen) atoms. The number of rotatable bonds is 23. The Bertz CT molecular complexity index is 206. The molecule has 2 nitrogen and oxygen atoms in total. The molecule has 0 aliphatic carbocycles. The molecule has 0 aliphatic rings. The third-order valence-corrected chi connectivity index (χ3v) is 5.57. The second-order valence-corrected chi connectivity index (χ2v) is 8.23. The van der Waals surface area contributed by atoms with E-state index in [0.717, 1.165) is 12.8 Å². The zero-order valence-electron chi connectivity index (χ0n) is 17.9. The van der Waals surface area contributed by atoms with E-state index in [1.807, 2.05) is 0 Å². The first-order chi connectivity index (χ1) is 12.9. The lowest BCUT2D eigenvalue weighted by atomic mass is 10.0. The first-order valence-corrected chi connectivity index (χ1v) is 12.1. The van der Waals surface area contributed by atoms with E-state index in [-0.39, 0.29) is 0 Å². The number of hydrogen-bond donors (Lipinski definition) is 2. The van der Waals surface area contributed by atoms with Gasteiger partial charge in [0.15, 0.2) is 0 Å². The first-order valence-electron chi connectivity index (χ1n) is 12.1. The maximum Gasteiger partial charge on any atom is 0.0431 e. The van der Waals surface area contributed by atoms with Gasteiger partial charge in [0.1, 0.15) is 0 Å². The molecule has 0 aromatic rings. The summed E-state index contributed by atoms with van der Waals surface area (Å²) in [6, 6.07) is 0. The number of aliphatic hydroxyl groups excluding tert-OH is 2. The average Bonchev–Trinajstić information content (AvgIpc) is 2.66. The van der Waals surface area contributed by atoms with Crippen molar-refractivity contribution < 1.29 is 10.2 Å². The molecule has 0 rings (SSSR count). The first kappa shape index (κ1) is 25.9. The predicted octanol–water partition coefficient (Wildman–Crippen LogP) is 7.55. The van der Waals surface area contributed by atoms with Crippen LogP contribution >= 0.6 is 0 Å². The third kappa shape index (κ3) is 23.9. The fourth-order valence-electron chi connectivity index (χ4n) is 3.76. The van der Waals surface area contributed by atoms with Crippen molar-refractivity contribution in [3.63, 3.8) is 0 Å². The predicted molar refractivity (Wildman–Crippen MR) is 116 cm³/mol. The second kappa shape index (κ2) is 24.9. The topological polar surface area (TPSA) is 40.5 Å². The zero-order valence-corrected chi connectivity index (χ0v) is 17.9. The molecule has 2 heteroatoms. The van der Waals surface area contributed by atoms with Gasteiger partial charge in [-0.1, -0.05) is 128 Å². The standard InChI is InChI=1S/C24H50O2/c25-23-21-19-17-15-13-11-9-7-5-3-1-2-4-6-8-10-12-14-16-18-20-22-24-26/h25-26H,1-24H2. The second-order valence-electron chi connectivity index (χ2n) is 8.23. The van der Waals surface area contributed by atoms with E-state index >= 15 is 0 Å². The van der Waals surface area contributed by atoms with E-state index < -0.39 is 0 Å². The Hall–Kier alpha value is -0.0800. The average molecular weight is 371 g/mol. The zero-order chi connectivity index (χ0) is 19.0. The fourth-order valence-corrected chi connectivity index (χ4v) is 3.76. The van der Waals surface area contributed by atoms with Crippen molar-refractivity contribution in [1.29, 1.82) is 0 Å². The van der Waals surface area contributed by atoms with E-state index in [0.29, 0.717) is 13.2 Å². The summed E-state index contributed by atoms with van der Waals surface area (Å²) in [5, 5.41) is 17.5. The molecule has 2 N–H and O–H groups in total. The molecule has 158 valence electrons. The normalized spacial score (nSPS) is 11.3. The quantitative estimate of drug-likeness (QED) is 0.182. The van der Waals surface area contributed by atoms with Gasteiger partial charge in [0, 0.05) is 13.2 Å². The maximum absolute atomic E-state index is 8.73. The van der Waals surface area contributed by atoms with Gasteiger partial charge < -0.3 is 10.2 Å². The SMILES string of the molecule is OCCCCCCCCCCCCCCCCCCCCCCCCO.